The zero-order valence-electron chi connectivity index (χ0n) is 6.50. The molecular weight excluding hydrogens is 211 g/mol. The highest BCUT2D eigenvalue weighted by atomic mass is 35.5. The zero-order chi connectivity index (χ0) is 9.84. The van der Waals surface area contributed by atoms with E-state index in [2.05, 4.69) is 0 Å². The van der Waals surface area contributed by atoms with Gasteiger partial charge in [0, 0.05) is 0 Å². The highest BCUT2D eigenvalue weighted by molar-refractivity contribution is 6.43. The third-order valence-electron chi connectivity index (χ3n) is 1.45. The number of hydrogen-bond acceptors (Lipinski definition) is 2. The minimum atomic E-state index is -0.0741. The number of benzene rings is 1. The van der Waals surface area contributed by atoms with Gasteiger partial charge in [-0.1, -0.05) is 29.3 Å². The number of phenols is 1. The van der Waals surface area contributed by atoms with Crippen LogP contribution in [0, 0.1) is 0 Å². The van der Waals surface area contributed by atoms with Gasteiger partial charge in [0.15, 0.2) is 0 Å². The number of rotatable bonds is 2. The molecule has 1 aromatic carbocycles. The number of allylic oxidation sites excluding steroid dienone is 1. The summed E-state index contributed by atoms with van der Waals surface area (Å²) in [5, 5.41) is 9.47. The van der Waals surface area contributed by atoms with Crippen molar-refractivity contribution in [2.75, 3.05) is 0 Å². The van der Waals surface area contributed by atoms with Crippen molar-refractivity contribution in [1.29, 1.82) is 0 Å². The maximum Gasteiger partial charge on any atom is 0.142 e. The summed E-state index contributed by atoms with van der Waals surface area (Å²) in [6.07, 6.45) is 3.45. The lowest BCUT2D eigenvalue weighted by Gasteiger charge is -2.01. The summed E-state index contributed by atoms with van der Waals surface area (Å²) in [4.78, 5) is 10.0. The molecule has 0 atom stereocenters. The first kappa shape index (κ1) is 10.1. The molecule has 13 heavy (non-hydrogen) atoms. The minimum Gasteiger partial charge on any atom is -0.506 e. The van der Waals surface area contributed by atoms with E-state index in [1.165, 1.54) is 18.2 Å². The number of hydrogen-bond donors (Lipinski definition) is 1. The Bertz CT molecular complexity index is 359. The molecule has 1 rings (SSSR count). The van der Waals surface area contributed by atoms with Crippen LogP contribution < -0.4 is 0 Å². The van der Waals surface area contributed by atoms with Crippen LogP contribution in [0.4, 0.5) is 0 Å². The SMILES string of the molecule is O=CC=Cc1ccc(O)c(Cl)c1Cl. The molecule has 0 bridgehead atoms. The Kier molecular flexibility index (Phi) is 3.34. The van der Waals surface area contributed by atoms with Gasteiger partial charge in [-0.05, 0) is 23.8 Å². The van der Waals surface area contributed by atoms with Gasteiger partial charge in [-0.2, -0.15) is 0 Å². The average molecular weight is 217 g/mol. The summed E-state index contributed by atoms with van der Waals surface area (Å²) in [6, 6.07) is 2.99. The van der Waals surface area contributed by atoms with Crippen LogP contribution in [0.1, 0.15) is 5.56 Å². The number of carbonyl (C=O) groups excluding carboxylic acids is 1. The summed E-state index contributed by atoms with van der Waals surface area (Å²) in [5.41, 5.74) is 0.594. The lowest BCUT2D eigenvalue weighted by Crippen LogP contribution is -1.78. The number of carbonyl (C=O) groups is 1. The molecule has 0 saturated heterocycles. The Hall–Kier alpha value is -0.990. The van der Waals surface area contributed by atoms with Gasteiger partial charge in [0.1, 0.15) is 17.1 Å². The fraction of sp³-hybridized carbons (Fsp3) is 0. The third-order valence-corrected chi connectivity index (χ3v) is 2.33. The van der Waals surface area contributed by atoms with Crippen molar-refractivity contribution in [2.24, 2.45) is 0 Å². The molecule has 0 aliphatic carbocycles. The van der Waals surface area contributed by atoms with Crippen LogP contribution in [-0.2, 0) is 4.79 Å². The highest BCUT2D eigenvalue weighted by Gasteiger charge is 2.06. The first-order valence-corrected chi connectivity index (χ1v) is 4.21. The molecule has 0 unspecified atom stereocenters. The Labute approximate surface area is 85.4 Å². The Morgan fingerprint density at radius 3 is 2.54 bits per heavy atom. The Balaban J connectivity index is 3.17. The molecule has 0 heterocycles. The van der Waals surface area contributed by atoms with Crippen molar-refractivity contribution in [3.63, 3.8) is 0 Å². The molecule has 0 aliphatic rings. The van der Waals surface area contributed by atoms with Gasteiger partial charge in [0.25, 0.3) is 0 Å². The van der Waals surface area contributed by atoms with E-state index in [9.17, 15) is 4.79 Å². The van der Waals surface area contributed by atoms with Crippen molar-refractivity contribution in [3.05, 3.63) is 33.8 Å². The van der Waals surface area contributed by atoms with E-state index >= 15 is 0 Å². The Morgan fingerprint density at radius 2 is 1.92 bits per heavy atom. The fourth-order valence-corrected chi connectivity index (χ4v) is 1.22. The summed E-state index contributed by atoms with van der Waals surface area (Å²) >= 11 is 11.4. The number of phenolic OH excluding ortho intramolecular Hbond substituents is 1. The summed E-state index contributed by atoms with van der Waals surface area (Å²) in [7, 11) is 0. The molecule has 0 aliphatic heterocycles. The molecule has 68 valence electrons. The molecule has 1 aromatic rings. The molecule has 2 nitrogen and oxygen atoms in total. The van der Waals surface area contributed by atoms with Crippen LogP contribution in [0.2, 0.25) is 10.0 Å². The average Bonchev–Trinajstić information content (AvgIpc) is 2.13. The van der Waals surface area contributed by atoms with Gasteiger partial charge in [-0.15, -0.1) is 0 Å². The van der Waals surface area contributed by atoms with Gasteiger partial charge in [-0.3, -0.25) is 4.79 Å². The summed E-state index contributed by atoms with van der Waals surface area (Å²) in [5.74, 6) is -0.0741. The van der Waals surface area contributed by atoms with Gasteiger partial charge in [-0.25, -0.2) is 0 Å². The van der Waals surface area contributed by atoms with Gasteiger partial charge in [0.2, 0.25) is 0 Å². The van der Waals surface area contributed by atoms with E-state index in [0.29, 0.717) is 11.8 Å². The van der Waals surface area contributed by atoms with Crippen LogP contribution in [-0.4, -0.2) is 11.4 Å². The predicted octanol–water partition coefficient (Wildman–Crippen LogP) is 2.91. The molecule has 0 amide bonds. The second-order valence-corrected chi connectivity index (χ2v) is 3.05. The molecule has 0 fully saturated rings. The van der Waals surface area contributed by atoms with Crippen LogP contribution in [0.15, 0.2) is 18.2 Å². The first-order chi connectivity index (χ1) is 6.16. The van der Waals surface area contributed by atoms with Gasteiger partial charge < -0.3 is 5.11 Å². The fourth-order valence-electron chi connectivity index (χ4n) is 0.826. The van der Waals surface area contributed by atoms with Gasteiger partial charge >= 0.3 is 0 Å². The summed E-state index contributed by atoms with van der Waals surface area (Å²) < 4.78 is 0. The molecular formula is C9H6Cl2O2. The maximum atomic E-state index is 10.0. The predicted molar refractivity (Wildman–Crippen MR) is 53.2 cm³/mol. The largest absolute Gasteiger partial charge is 0.506 e. The Morgan fingerprint density at radius 1 is 1.23 bits per heavy atom. The van der Waals surface area contributed by atoms with E-state index in [1.54, 1.807) is 6.07 Å². The zero-order valence-corrected chi connectivity index (χ0v) is 8.01. The van der Waals surface area contributed by atoms with Crippen LogP contribution in [0.25, 0.3) is 6.08 Å². The third kappa shape index (κ3) is 2.23. The summed E-state index contributed by atoms with van der Waals surface area (Å²) in [6.45, 7) is 0. The van der Waals surface area contributed by atoms with E-state index in [0.717, 1.165) is 0 Å². The second-order valence-electron chi connectivity index (χ2n) is 2.30. The maximum absolute atomic E-state index is 10.0. The molecule has 4 heteroatoms. The van der Waals surface area contributed by atoms with Crippen LogP contribution in [0.5, 0.6) is 5.75 Å². The smallest absolute Gasteiger partial charge is 0.142 e. The highest BCUT2D eigenvalue weighted by Crippen LogP contribution is 2.34. The number of aldehydes is 1. The molecule has 0 saturated carbocycles. The van der Waals surface area contributed by atoms with Crippen LogP contribution in [0.3, 0.4) is 0 Å². The van der Waals surface area contributed by atoms with E-state index in [4.69, 9.17) is 28.3 Å². The lowest BCUT2D eigenvalue weighted by atomic mass is 10.2. The van der Waals surface area contributed by atoms with Crippen molar-refractivity contribution < 1.29 is 9.90 Å². The lowest BCUT2D eigenvalue weighted by molar-refractivity contribution is -0.104. The topological polar surface area (TPSA) is 37.3 Å². The van der Waals surface area contributed by atoms with Crippen molar-refractivity contribution in [3.8, 4) is 5.75 Å². The van der Waals surface area contributed by atoms with Crippen LogP contribution >= 0.6 is 23.2 Å². The van der Waals surface area contributed by atoms with E-state index in [-0.39, 0.29) is 15.8 Å². The van der Waals surface area contributed by atoms with Gasteiger partial charge in [0.05, 0.1) is 5.02 Å². The van der Waals surface area contributed by atoms with Crippen molar-refractivity contribution in [2.45, 2.75) is 0 Å². The first-order valence-electron chi connectivity index (χ1n) is 3.45. The van der Waals surface area contributed by atoms with Crippen molar-refractivity contribution in [1.82, 2.24) is 0 Å². The normalized spacial score (nSPS) is 10.6. The molecule has 0 radical (unpaired) electrons. The van der Waals surface area contributed by atoms with E-state index < -0.39 is 0 Å². The standard InChI is InChI=1S/C9H6Cl2O2/c10-8-6(2-1-5-12)3-4-7(13)9(8)11/h1-5,13H. The molecule has 0 spiro atoms. The monoisotopic (exact) mass is 216 g/mol. The molecule has 1 N–H and O–H groups in total. The number of aromatic hydroxyl groups is 1. The molecule has 0 aromatic heterocycles. The minimum absolute atomic E-state index is 0.0741. The quantitative estimate of drug-likeness (QED) is 0.610. The van der Waals surface area contributed by atoms with E-state index in [1.807, 2.05) is 0 Å². The second kappa shape index (κ2) is 4.30. The van der Waals surface area contributed by atoms with Crippen molar-refractivity contribution >= 4 is 35.6 Å². The number of halogens is 2.